The molecule has 10 rings (SSSR count). The average molecular weight is 623 g/mol. The van der Waals surface area contributed by atoms with E-state index in [2.05, 4.69) is 184 Å². The summed E-state index contributed by atoms with van der Waals surface area (Å²) in [5, 5.41) is 10.3. The van der Waals surface area contributed by atoms with Crippen LogP contribution in [0.15, 0.2) is 170 Å². The van der Waals surface area contributed by atoms with E-state index in [0.29, 0.717) is 0 Å². The van der Waals surface area contributed by atoms with E-state index in [1.165, 1.54) is 98.7 Å². The second-order valence-electron chi connectivity index (χ2n) is 14.0. The van der Waals surface area contributed by atoms with Gasteiger partial charge in [0.2, 0.25) is 0 Å². The van der Waals surface area contributed by atoms with E-state index in [1.807, 2.05) is 0 Å². The molecule has 9 aromatic rings. The first-order valence-electron chi connectivity index (χ1n) is 17.3. The molecule has 0 fully saturated rings. The predicted molar refractivity (Wildman–Crippen MR) is 210 cm³/mol. The fourth-order valence-corrected chi connectivity index (χ4v) is 8.87. The third kappa shape index (κ3) is 4.04. The highest BCUT2D eigenvalue weighted by molar-refractivity contribution is 6.24. The quantitative estimate of drug-likeness (QED) is 0.172. The zero-order chi connectivity index (χ0) is 32.7. The van der Waals surface area contributed by atoms with Crippen LogP contribution in [0.2, 0.25) is 0 Å². The van der Waals surface area contributed by atoms with Gasteiger partial charge in [-0.1, -0.05) is 178 Å². The van der Waals surface area contributed by atoms with Crippen molar-refractivity contribution >= 4 is 43.1 Å². The molecule has 0 bridgehead atoms. The molecule has 0 N–H and O–H groups in total. The number of hydrogen-bond acceptors (Lipinski definition) is 0. The van der Waals surface area contributed by atoms with Gasteiger partial charge in [0.1, 0.15) is 0 Å². The minimum atomic E-state index is -0.102. The number of benzene rings is 9. The summed E-state index contributed by atoms with van der Waals surface area (Å²) in [6.45, 7) is 4.79. The third-order valence-electron chi connectivity index (χ3n) is 11.0. The van der Waals surface area contributed by atoms with Crippen LogP contribution in [0, 0.1) is 0 Å². The highest BCUT2D eigenvalue weighted by atomic mass is 14.4. The average Bonchev–Trinajstić information content (AvgIpc) is 3.39. The van der Waals surface area contributed by atoms with E-state index in [9.17, 15) is 0 Å². The summed E-state index contributed by atoms with van der Waals surface area (Å²) in [7, 11) is 0. The summed E-state index contributed by atoms with van der Waals surface area (Å²) in [6, 6.07) is 63.0. The Morgan fingerprint density at radius 2 is 0.816 bits per heavy atom. The molecule has 0 atom stereocenters. The maximum atomic E-state index is 2.46. The van der Waals surface area contributed by atoms with Crippen molar-refractivity contribution in [2.45, 2.75) is 19.3 Å². The van der Waals surface area contributed by atoms with Gasteiger partial charge < -0.3 is 0 Å². The van der Waals surface area contributed by atoms with Gasteiger partial charge in [0.05, 0.1) is 0 Å². The van der Waals surface area contributed by atoms with Crippen molar-refractivity contribution in [3.63, 3.8) is 0 Å². The Bertz CT molecular complexity index is 2720. The van der Waals surface area contributed by atoms with Crippen molar-refractivity contribution in [1.82, 2.24) is 0 Å². The maximum Gasteiger partial charge on any atom is 0.0165 e. The fourth-order valence-electron chi connectivity index (χ4n) is 8.87. The summed E-state index contributed by atoms with van der Waals surface area (Å²) in [6.07, 6.45) is 0. The van der Waals surface area contributed by atoms with Crippen molar-refractivity contribution in [2.75, 3.05) is 0 Å². The molecule has 0 aromatic heterocycles. The molecule has 0 radical (unpaired) electrons. The van der Waals surface area contributed by atoms with Crippen molar-refractivity contribution < 1.29 is 0 Å². The summed E-state index contributed by atoms with van der Waals surface area (Å²) in [5.74, 6) is 0. The minimum absolute atomic E-state index is 0.102. The molecular formula is C49H34. The van der Waals surface area contributed by atoms with Crippen LogP contribution in [0.1, 0.15) is 25.0 Å². The van der Waals surface area contributed by atoms with Crippen molar-refractivity contribution in [3.05, 3.63) is 181 Å². The first-order chi connectivity index (χ1) is 24.1. The normalized spacial score (nSPS) is 13.3. The van der Waals surface area contributed by atoms with Crippen LogP contribution in [0.4, 0.5) is 0 Å². The van der Waals surface area contributed by atoms with Crippen molar-refractivity contribution in [1.29, 1.82) is 0 Å². The first kappa shape index (κ1) is 28.1. The van der Waals surface area contributed by atoms with Gasteiger partial charge in [-0.2, -0.15) is 0 Å². The molecule has 0 heteroatoms. The van der Waals surface area contributed by atoms with Crippen LogP contribution < -0.4 is 0 Å². The highest BCUT2D eigenvalue weighted by Crippen LogP contribution is 2.53. The van der Waals surface area contributed by atoms with E-state index in [-0.39, 0.29) is 5.41 Å². The largest absolute Gasteiger partial charge is 0.0622 e. The van der Waals surface area contributed by atoms with Gasteiger partial charge in [0.25, 0.3) is 0 Å². The van der Waals surface area contributed by atoms with Crippen molar-refractivity contribution in [2.24, 2.45) is 0 Å². The lowest BCUT2D eigenvalue weighted by Crippen LogP contribution is -2.15. The van der Waals surface area contributed by atoms with E-state index in [0.717, 1.165) is 0 Å². The SMILES string of the molecule is CC1(C)c2cc(-c3ccc(-c4c5ccccc5c(-c5ccccc5)c5ccccc45)c4ccccc34)ccc2-c2ccc3ccccc3c21. The second-order valence-corrected chi connectivity index (χ2v) is 14.0. The van der Waals surface area contributed by atoms with Gasteiger partial charge in [-0.05, 0) is 105 Å². The van der Waals surface area contributed by atoms with Crippen LogP contribution in [-0.2, 0) is 5.41 Å². The first-order valence-corrected chi connectivity index (χ1v) is 17.3. The lowest BCUT2D eigenvalue weighted by molar-refractivity contribution is 0.666. The second kappa shape index (κ2) is 10.5. The van der Waals surface area contributed by atoms with Crippen molar-refractivity contribution in [3.8, 4) is 44.5 Å². The van der Waals surface area contributed by atoms with Gasteiger partial charge >= 0.3 is 0 Å². The minimum Gasteiger partial charge on any atom is -0.0622 e. The monoisotopic (exact) mass is 622 g/mol. The number of fused-ring (bicyclic) bond motifs is 8. The molecule has 0 aliphatic heterocycles. The number of rotatable bonds is 3. The van der Waals surface area contributed by atoms with Gasteiger partial charge in [-0.3, -0.25) is 0 Å². The van der Waals surface area contributed by atoms with E-state index in [4.69, 9.17) is 0 Å². The van der Waals surface area contributed by atoms with Crippen LogP contribution in [-0.4, -0.2) is 0 Å². The molecule has 0 unspecified atom stereocenters. The Labute approximate surface area is 286 Å². The third-order valence-corrected chi connectivity index (χ3v) is 11.0. The van der Waals surface area contributed by atoms with Crippen LogP contribution >= 0.6 is 0 Å². The Morgan fingerprint density at radius 3 is 1.49 bits per heavy atom. The molecule has 1 aliphatic rings. The molecule has 9 aromatic carbocycles. The molecule has 0 amide bonds. The van der Waals surface area contributed by atoms with Gasteiger partial charge in [-0.25, -0.2) is 0 Å². The number of hydrogen-bond donors (Lipinski definition) is 0. The predicted octanol–water partition coefficient (Wildman–Crippen LogP) is 13.6. The molecule has 230 valence electrons. The van der Waals surface area contributed by atoms with Gasteiger partial charge in [0, 0.05) is 5.41 Å². The maximum absolute atomic E-state index is 2.46. The lowest BCUT2D eigenvalue weighted by Gasteiger charge is -2.24. The van der Waals surface area contributed by atoms with E-state index in [1.54, 1.807) is 0 Å². The Hall–Kier alpha value is -5.98. The molecule has 49 heavy (non-hydrogen) atoms. The van der Waals surface area contributed by atoms with E-state index >= 15 is 0 Å². The van der Waals surface area contributed by atoms with Gasteiger partial charge in [0.15, 0.2) is 0 Å². The lowest BCUT2D eigenvalue weighted by atomic mass is 9.79. The Morgan fingerprint density at radius 1 is 0.327 bits per heavy atom. The summed E-state index contributed by atoms with van der Waals surface area (Å²) in [4.78, 5) is 0. The molecule has 0 heterocycles. The Kier molecular flexibility index (Phi) is 6.02. The molecule has 0 nitrogen and oxygen atoms in total. The molecule has 1 aliphatic carbocycles. The standard InChI is InChI=1S/C49H34/c1-49(2)45-30-33(25-26-38(45)44-27-24-31-14-6-7-17-35(31)48(44)49)34-28-29-43(37-19-9-8-18-36(34)37)47-41-22-12-10-20-39(41)46(32-15-4-3-5-16-32)40-21-11-13-23-42(40)47/h3-30H,1-2H3. The van der Waals surface area contributed by atoms with Crippen LogP contribution in [0.25, 0.3) is 87.6 Å². The van der Waals surface area contributed by atoms with Crippen LogP contribution in [0.3, 0.4) is 0 Å². The zero-order valence-electron chi connectivity index (χ0n) is 27.7. The molecule has 0 saturated carbocycles. The van der Waals surface area contributed by atoms with E-state index < -0.39 is 0 Å². The van der Waals surface area contributed by atoms with Crippen LogP contribution in [0.5, 0.6) is 0 Å². The molecule has 0 saturated heterocycles. The highest BCUT2D eigenvalue weighted by Gasteiger charge is 2.37. The smallest absolute Gasteiger partial charge is 0.0165 e. The molecule has 0 spiro atoms. The zero-order valence-corrected chi connectivity index (χ0v) is 27.7. The van der Waals surface area contributed by atoms with Gasteiger partial charge in [-0.15, -0.1) is 0 Å². The Balaban J connectivity index is 1.20. The fraction of sp³-hybridized carbons (Fsp3) is 0.0612. The summed E-state index contributed by atoms with van der Waals surface area (Å²) < 4.78 is 0. The summed E-state index contributed by atoms with van der Waals surface area (Å²) in [5.41, 5.74) is 13.1. The summed E-state index contributed by atoms with van der Waals surface area (Å²) >= 11 is 0. The topological polar surface area (TPSA) is 0 Å². The molecular weight excluding hydrogens is 589 g/mol.